The van der Waals surface area contributed by atoms with Crippen molar-refractivity contribution in [1.82, 2.24) is 4.90 Å². The van der Waals surface area contributed by atoms with E-state index in [1.165, 1.54) is 0 Å². The average molecular weight is 329 g/mol. The van der Waals surface area contributed by atoms with E-state index in [1.54, 1.807) is 0 Å². The van der Waals surface area contributed by atoms with E-state index in [2.05, 4.69) is 59.7 Å². The molecule has 0 saturated heterocycles. The molecule has 19 heavy (non-hydrogen) atoms. The van der Waals surface area contributed by atoms with Gasteiger partial charge in [0.25, 0.3) is 0 Å². The Balaban J connectivity index is 2.95. The first-order chi connectivity index (χ1) is 8.93. The number of halogens is 1. The summed E-state index contributed by atoms with van der Waals surface area (Å²) in [5.74, 6) is 0.595. The third kappa shape index (κ3) is 5.51. The van der Waals surface area contributed by atoms with Crippen molar-refractivity contribution in [2.45, 2.75) is 20.5 Å². The summed E-state index contributed by atoms with van der Waals surface area (Å²) in [4.78, 5) is 4.55. The maximum absolute atomic E-state index is 9.55. The van der Waals surface area contributed by atoms with E-state index in [0.29, 0.717) is 5.92 Å². The Morgan fingerprint density at radius 1 is 1.21 bits per heavy atom. The van der Waals surface area contributed by atoms with Crippen LogP contribution in [-0.4, -0.2) is 43.7 Å². The van der Waals surface area contributed by atoms with Crippen molar-refractivity contribution in [3.8, 4) is 0 Å². The Hall–Kier alpha value is -0.580. The molecule has 0 aliphatic rings. The molecule has 0 radical (unpaired) electrons. The van der Waals surface area contributed by atoms with Crippen molar-refractivity contribution in [3.05, 3.63) is 28.2 Å². The summed E-state index contributed by atoms with van der Waals surface area (Å²) >= 11 is 3.46. The minimum atomic E-state index is 0.0747. The zero-order valence-electron chi connectivity index (χ0n) is 12.4. The number of aliphatic hydroxyl groups is 1. The van der Waals surface area contributed by atoms with Gasteiger partial charge in [-0.15, -0.1) is 0 Å². The normalized spacial score (nSPS) is 11.4. The van der Waals surface area contributed by atoms with Gasteiger partial charge in [0, 0.05) is 35.4 Å². The number of rotatable bonds is 7. The molecule has 0 aliphatic heterocycles. The van der Waals surface area contributed by atoms with Gasteiger partial charge in [-0.3, -0.25) is 0 Å². The van der Waals surface area contributed by atoms with Crippen LogP contribution in [0.5, 0.6) is 0 Å². The highest BCUT2D eigenvalue weighted by Gasteiger charge is 2.13. The van der Waals surface area contributed by atoms with Gasteiger partial charge in [-0.1, -0.05) is 29.8 Å². The summed E-state index contributed by atoms with van der Waals surface area (Å²) in [6.07, 6.45) is 0. The highest BCUT2D eigenvalue weighted by Crippen LogP contribution is 2.25. The average Bonchev–Trinajstić information content (AvgIpc) is 2.33. The molecule has 108 valence electrons. The molecule has 0 aromatic heterocycles. The van der Waals surface area contributed by atoms with Gasteiger partial charge in [-0.25, -0.2) is 0 Å². The number of likely N-dealkylation sites (N-methyl/N-ethyl adjacent to an activating group) is 1. The Bertz CT molecular complexity index is 394. The van der Waals surface area contributed by atoms with Gasteiger partial charge in [-0.05, 0) is 38.2 Å². The van der Waals surface area contributed by atoms with Gasteiger partial charge in [0.2, 0.25) is 0 Å². The van der Waals surface area contributed by atoms with Gasteiger partial charge in [0.05, 0.1) is 6.61 Å². The monoisotopic (exact) mass is 328 g/mol. The van der Waals surface area contributed by atoms with E-state index in [0.717, 1.165) is 35.4 Å². The summed E-state index contributed by atoms with van der Waals surface area (Å²) in [7, 11) is 4.17. The highest BCUT2D eigenvalue weighted by molar-refractivity contribution is 9.10. The highest BCUT2D eigenvalue weighted by atomic mass is 79.9. The van der Waals surface area contributed by atoms with Crippen LogP contribution in [0, 0.1) is 5.92 Å². The zero-order valence-corrected chi connectivity index (χ0v) is 13.9. The van der Waals surface area contributed by atoms with E-state index in [-0.39, 0.29) is 6.61 Å². The largest absolute Gasteiger partial charge is 0.392 e. The molecular formula is C15H25BrN2O. The maximum atomic E-state index is 9.55. The number of nitrogens with zero attached hydrogens (tertiary/aromatic N) is 2. The Morgan fingerprint density at radius 2 is 1.89 bits per heavy atom. The van der Waals surface area contributed by atoms with Crippen molar-refractivity contribution in [3.63, 3.8) is 0 Å². The van der Waals surface area contributed by atoms with Crippen LogP contribution in [0.25, 0.3) is 0 Å². The van der Waals surface area contributed by atoms with Crippen molar-refractivity contribution in [1.29, 1.82) is 0 Å². The molecule has 4 heteroatoms. The second-order valence-electron chi connectivity index (χ2n) is 5.57. The van der Waals surface area contributed by atoms with Crippen molar-refractivity contribution in [2.75, 3.05) is 38.6 Å². The third-order valence-corrected chi connectivity index (χ3v) is 3.45. The fraction of sp³-hybridized carbons (Fsp3) is 0.600. The van der Waals surface area contributed by atoms with Crippen LogP contribution in [0.3, 0.4) is 0 Å². The van der Waals surface area contributed by atoms with Crippen molar-refractivity contribution in [2.24, 2.45) is 5.92 Å². The summed E-state index contributed by atoms with van der Waals surface area (Å²) in [5, 5.41) is 9.55. The molecule has 0 spiro atoms. The number of hydrogen-bond donors (Lipinski definition) is 1. The Morgan fingerprint density at radius 3 is 2.42 bits per heavy atom. The van der Waals surface area contributed by atoms with Crippen LogP contribution in [0.1, 0.15) is 19.4 Å². The van der Waals surface area contributed by atoms with Crippen LogP contribution in [0.15, 0.2) is 22.7 Å². The second-order valence-corrected chi connectivity index (χ2v) is 6.49. The molecule has 1 aromatic carbocycles. The van der Waals surface area contributed by atoms with E-state index in [1.807, 2.05) is 12.1 Å². The molecule has 3 nitrogen and oxygen atoms in total. The Labute approximate surface area is 125 Å². The van der Waals surface area contributed by atoms with Gasteiger partial charge >= 0.3 is 0 Å². The Kier molecular flexibility index (Phi) is 6.83. The van der Waals surface area contributed by atoms with Crippen molar-refractivity contribution < 1.29 is 5.11 Å². The third-order valence-electron chi connectivity index (χ3n) is 2.96. The number of hydrogen-bond acceptors (Lipinski definition) is 3. The molecule has 1 aromatic rings. The molecule has 1 rings (SSSR count). The lowest BCUT2D eigenvalue weighted by Crippen LogP contribution is -2.35. The first kappa shape index (κ1) is 16.5. The number of anilines is 1. The minimum absolute atomic E-state index is 0.0747. The topological polar surface area (TPSA) is 26.7 Å². The number of aliphatic hydroxyl groups excluding tert-OH is 1. The van der Waals surface area contributed by atoms with E-state index < -0.39 is 0 Å². The van der Waals surface area contributed by atoms with Crippen LogP contribution < -0.4 is 4.90 Å². The van der Waals surface area contributed by atoms with Crippen LogP contribution in [0.4, 0.5) is 5.69 Å². The first-order valence-electron chi connectivity index (χ1n) is 6.73. The molecule has 0 bridgehead atoms. The lowest BCUT2D eigenvalue weighted by atomic mass is 10.1. The molecule has 0 aliphatic carbocycles. The molecule has 0 saturated carbocycles. The van der Waals surface area contributed by atoms with E-state index >= 15 is 0 Å². The number of benzene rings is 1. The van der Waals surface area contributed by atoms with Crippen LogP contribution >= 0.6 is 15.9 Å². The molecule has 0 unspecified atom stereocenters. The minimum Gasteiger partial charge on any atom is -0.392 e. The van der Waals surface area contributed by atoms with Gasteiger partial charge < -0.3 is 14.9 Å². The molecule has 0 amide bonds. The van der Waals surface area contributed by atoms with Gasteiger partial charge in [0.15, 0.2) is 0 Å². The smallest absolute Gasteiger partial charge is 0.0702 e. The standard InChI is InChI=1S/C15H25BrN2O/c1-12(2)10-18(8-7-17(3)4)15-6-5-14(16)9-13(15)11-19/h5-6,9,12,19H,7-8,10-11H2,1-4H3. The quantitative estimate of drug-likeness (QED) is 0.833. The predicted molar refractivity (Wildman–Crippen MR) is 85.7 cm³/mol. The molecule has 0 atom stereocenters. The first-order valence-corrected chi connectivity index (χ1v) is 7.52. The summed E-state index contributed by atoms with van der Waals surface area (Å²) in [5.41, 5.74) is 2.12. The van der Waals surface area contributed by atoms with Crippen LogP contribution in [-0.2, 0) is 6.61 Å². The van der Waals surface area contributed by atoms with Crippen LogP contribution in [0.2, 0.25) is 0 Å². The maximum Gasteiger partial charge on any atom is 0.0702 e. The fourth-order valence-corrected chi connectivity index (χ4v) is 2.47. The fourth-order valence-electron chi connectivity index (χ4n) is 2.06. The van der Waals surface area contributed by atoms with Gasteiger partial charge in [0.1, 0.15) is 0 Å². The van der Waals surface area contributed by atoms with E-state index in [9.17, 15) is 5.11 Å². The predicted octanol–water partition coefficient (Wildman–Crippen LogP) is 2.97. The molecule has 1 N–H and O–H groups in total. The molecular weight excluding hydrogens is 304 g/mol. The lowest BCUT2D eigenvalue weighted by Gasteiger charge is -2.30. The summed E-state index contributed by atoms with van der Waals surface area (Å²) in [6.45, 7) is 7.50. The van der Waals surface area contributed by atoms with Gasteiger partial charge in [-0.2, -0.15) is 0 Å². The summed E-state index contributed by atoms with van der Waals surface area (Å²) < 4.78 is 1.01. The molecule has 0 fully saturated rings. The zero-order chi connectivity index (χ0) is 14.4. The SMILES string of the molecule is CC(C)CN(CCN(C)C)c1ccc(Br)cc1CO. The summed E-state index contributed by atoms with van der Waals surface area (Å²) in [6, 6.07) is 6.13. The van der Waals surface area contributed by atoms with E-state index in [4.69, 9.17) is 0 Å². The lowest BCUT2D eigenvalue weighted by molar-refractivity contribution is 0.281. The van der Waals surface area contributed by atoms with Crippen molar-refractivity contribution >= 4 is 21.6 Å². The second kappa shape index (κ2) is 7.88. The molecule has 0 heterocycles.